The molecular formula is C21H24ClNO6S. The molecule has 7 nitrogen and oxygen atoms in total. The number of carbonyl (C=O) groups excluding carboxylic acids is 1. The third-order valence-corrected chi connectivity index (χ3v) is 6.32. The van der Waals surface area contributed by atoms with E-state index < -0.39 is 27.7 Å². The van der Waals surface area contributed by atoms with Gasteiger partial charge in [-0.3, -0.25) is 9.10 Å². The molecule has 0 unspecified atom stereocenters. The van der Waals surface area contributed by atoms with E-state index in [0.717, 1.165) is 0 Å². The van der Waals surface area contributed by atoms with Crippen LogP contribution in [0.5, 0.6) is 5.75 Å². The summed E-state index contributed by atoms with van der Waals surface area (Å²) in [6.45, 7) is 4.91. The van der Waals surface area contributed by atoms with Crippen LogP contribution in [0.1, 0.15) is 26.3 Å². The van der Waals surface area contributed by atoms with Gasteiger partial charge in [-0.15, -0.1) is 0 Å². The van der Waals surface area contributed by atoms with Gasteiger partial charge in [-0.25, -0.2) is 8.42 Å². The summed E-state index contributed by atoms with van der Waals surface area (Å²) in [5.41, 5.74) is 0.256. The number of benzene rings is 2. The molecule has 0 bridgehead atoms. The number of ether oxygens (including phenoxy) is 2. The highest BCUT2D eigenvalue weighted by Crippen LogP contribution is 2.38. The number of anilines is 1. The van der Waals surface area contributed by atoms with Gasteiger partial charge in [0.25, 0.3) is 10.0 Å². The smallest absolute Gasteiger partial charge is 0.310 e. The minimum atomic E-state index is -3.97. The molecule has 0 spiro atoms. The predicted molar refractivity (Wildman–Crippen MR) is 113 cm³/mol. The van der Waals surface area contributed by atoms with Gasteiger partial charge in [-0.2, -0.15) is 0 Å². The summed E-state index contributed by atoms with van der Waals surface area (Å²) in [7, 11) is -3.97. The van der Waals surface area contributed by atoms with Crippen LogP contribution in [0.25, 0.3) is 0 Å². The number of rotatable bonds is 5. The molecule has 0 amide bonds. The van der Waals surface area contributed by atoms with E-state index in [1.165, 1.54) is 16.4 Å². The molecule has 1 atom stereocenters. The lowest BCUT2D eigenvalue weighted by atomic mass is 10.1. The summed E-state index contributed by atoms with van der Waals surface area (Å²) in [5.74, 6) is -0.115. The van der Waals surface area contributed by atoms with E-state index >= 15 is 0 Å². The second-order valence-corrected chi connectivity index (χ2v) is 10.3. The SMILES string of the molecule is CC(C)(C)OC(=O)Cc1ccc2c(c1)N(S(=O)(=O)c1cccc(Cl)c1)C[C@H](CO)O2. The Morgan fingerprint density at radius 3 is 2.63 bits per heavy atom. The molecule has 1 heterocycles. The van der Waals surface area contributed by atoms with Crippen LogP contribution in [0.3, 0.4) is 0 Å². The highest BCUT2D eigenvalue weighted by Gasteiger charge is 2.35. The topological polar surface area (TPSA) is 93.1 Å². The van der Waals surface area contributed by atoms with Crippen molar-refractivity contribution in [3.05, 3.63) is 53.1 Å². The average molecular weight is 454 g/mol. The molecule has 9 heteroatoms. The van der Waals surface area contributed by atoms with E-state index in [0.29, 0.717) is 22.0 Å². The van der Waals surface area contributed by atoms with Crippen LogP contribution in [-0.2, 0) is 26.0 Å². The summed E-state index contributed by atoms with van der Waals surface area (Å²) in [6.07, 6.45) is -0.734. The molecule has 30 heavy (non-hydrogen) atoms. The molecule has 0 aromatic heterocycles. The van der Waals surface area contributed by atoms with Crippen molar-refractivity contribution in [1.82, 2.24) is 0 Å². The summed E-state index contributed by atoms with van der Waals surface area (Å²) < 4.78 is 38.9. The third kappa shape index (κ3) is 5.06. The van der Waals surface area contributed by atoms with Gasteiger partial charge in [-0.1, -0.05) is 23.7 Å². The molecule has 0 fully saturated rings. The van der Waals surface area contributed by atoms with Crippen molar-refractivity contribution in [3.8, 4) is 5.75 Å². The van der Waals surface area contributed by atoms with Crippen molar-refractivity contribution >= 4 is 33.3 Å². The number of aliphatic hydroxyl groups is 1. The molecule has 1 aliphatic heterocycles. The van der Waals surface area contributed by atoms with Crippen LogP contribution >= 0.6 is 11.6 Å². The summed E-state index contributed by atoms with van der Waals surface area (Å²) in [5, 5.41) is 9.86. The normalized spacial score (nSPS) is 16.6. The Labute approximate surface area is 181 Å². The van der Waals surface area contributed by atoms with Gasteiger partial charge in [0, 0.05) is 5.02 Å². The Morgan fingerprint density at radius 2 is 2.00 bits per heavy atom. The van der Waals surface area contributed by atoms with Crippen LogP contribution in [0.15, 0.2) is 47.4 Å². The number of fused-ring (bicyclic) bond motifs is 1. The molecule has 0 saturated heterocycles. The molecule has 162 valence electrons. The monoisotopic (exact) mass is 453 g/mol. The van der Waals surface area contributed by atoms with Crippen molar-refractivity contribution in [2.75, 3.05) is 17.5 Å². The Bertz CT molecular complexity index is 1050. The van der Waals surface area contributed by atoms with Gasteiger partial charge in [-0.05, 0) is 56.7 Å². The highest BCUT2D eigenvalue weighted by molar-refractivity contribution is 7.92. The summed E-state index contributed by atoms with van der Waals surface area (Å²) in [4.78, 5) is 12.2. The van der Waals surface area contributed by atoms with Crippen LogP contribution in [0, 0.1) is 0 Å². The molecule has 0 aliphatic carbocycles. The molecule has 0 radical (unpaired) electrons. The van der Waals surface area contributed by atoms with Gasteiger partial charge in [0.05, 0.1) is 30.2 Å². The van der Waals surface area contributed by atoms with E-state index in [-0.39, 0.29) is 24.5 Å². The number of carbonyl (C=O) groups is 1. The molecule has 2 aromatic rings. The molecule has 1 aliphatic rings. The third-order valence-electron chi connectivity index (χ3n) is 4.31. The summed E-state index contributed by atoms with van der Waals surface area (Å²) >= 11 is 5.98. The maximum absolute atomic E-state index is 13.3. The van der Waals surface area contributed by atoms with E-state index in [2.05, 4.69) is 0 Å². The Balaban J connectivity index is 1.99. The number of esters is 1. The fourth-order valence-electron chi connectivity index (χ4n) is 3.09. The van der Waals surface area contributed by atoms with Gasteiger partial charge >= 0.3 is 5.97 Å². The van der Waals surface area contributed by atoms with E-state index in [1.807, 2.05) is 0 Å². The zero-order valence-corrected chi connectivity index (χ0v) is 18.5. The van der Waals surface area contributed by atoms with Gasteiger partial charge < -0.3 is 14.6 Å². The lowest BCUT2D eigenvalue weighted by molar-refractivity contribution is -0.153. The number of sulfonamides is 1. The fraction of sp³-hybridized carbons (Fsp3) is 0.381. The van der Waals surface area contributed by atoms with Crippen molar-refractivity contribution in [2.24, 2.45) is 0 Å². The second kappa shape index (κ2) is 8.45. The first-order valence-electron chi connectivity index (χ1n) is 9.40. The first-order chi connectivity index (χ1) is 14.0. The largest absolute Gasteiger partial charge is 0.484 e. The minimum absolute atomic E-state index is 0.0148. The summed E-state index contributed by atoms with van der Waals surface area (Å²) in [6, 6.07) is 10.8. The van der Waals surface area contributed by atoms with Gasteiger partial charge in [0.2, 0.25) is 0 Å². The van der Waals surface area contributed by atoms with Gasteiger partial charge in [0.1, 0.15) is 17.5 Å². The number of hydrogen-bond acceptors (Lipinski definition) is 6. The molecule has 1 N–H and O–H groups in total. The lowest BCUT2D eigenvalue weighted by Gasteiger charge is -2.35. The molecular weight excluding hydrogens is 430 g/mol. The van der Waals surface area contributed by atoms with E-state index in [1.54, 1.807) is 51.1 Å². The van der Waals surface area contributed by atoms with Crippen LogP contribution < -0.4 is 9.04 Å². The van der Waals surface area contributed by atoms with Gasteiger partial charge in [0.15, 0.2) is 0 Å². The van der Waals surface area contributed by atoms with Crippen LogP contribution in [0.4, 0.5) is 5.69 Å². The molecule has 3 rings (SSSR count). The maximum atomic E-state index is 13.3. The maximum Gasteiger partial charge on any atom is 0.310 e. The standard InChI is InChI=1S/C21H24ClNO6S/c1-21(2,3)29-20(25)10-14-7-8-19-18(9-14)23(12-16(13-24)28-19)30(26,27)17-6-4-5-15(22)11-17/h4-9,11,16,24H,10,12-13H2,1-3H3/t16-/m1/s1. The van der Waals surface area contributed by atoms with Crippen LogP contribution in [-0.4, -0.2) is 44.4 Å². The van der Waals surface area contributed by atoms with Crippen molar-refractivity contribution < 1.29 is 27.8 Å². The van der Waals surface area contributed by atoms with E-state index in [4.69, 9.17) is 21.1 Å². The van der Waals surface area contributed by atoms with Crippen molar-refractivity contribution in [3.63, 3.8) is 0 Å². The Hall–Kier alpha value is -2.29. The van der Waals surface area contributed by atoms with E-state index in [9.17, 15) is 18.3 Å². The lowest BCUT2D eigenvalue weighted by Crippen LogP contribution is -2.45. The Morgan fingerprint density at radius 1 is 1.27 bits per heavy atom. The second-order valence-electron chi connectivity index (χ2n) is 7.98. The van der Waals surface area contributed by atoms with Crippen molar-refractivity contribution in [1.29, 1.82) is 0 Å². The number of nitrogens with zero attached hydrogens (tertiary/aromatic N) is 1. The zero-order chi connectivity index (χ0) is 22.1. The first kappa shape index (κ1) is 22.4. The number of aliphatic hydroxyl groups excluding tert-OH is 1. The molecule has 0 saturated carbocycles. The Kier molecular flexibility index (Phi) is 6.31. The predicted octanol–water partition coefficient (Wildman–Crippen LogP) is 3.17. The average Bonchev–Trinajstić information content (AvgIpc) is 2.65. The van der Waals surface area contributed by atoms with Crippen molar-refractivity contribution in [2.45, 2.75) is 43.8 Å². The number of halogens is 1. The molecule has 2 aromatic carbocycles. The highest BCUT2D eigenvalue weighted by atomic mass is 35.5. The van der Waals surface area contributed by atoms with Crippen LogP contribution in [0.2, 0.25) is 5.02 Å². The zero-order valence-electron chi connectivity index (χ0n) is 17.0. The quantitative estimate of drug-likeness (QED) is 0.699. The number of hydrogen-bond donors (Lipinski definition) is 1. The first-order valence-corrected chi connectivity index (χ1v) is 11.2. The fourth-order valence-corrected chi connectivity index (χ4v) is 4.89. The minimum Gasteiger partial charge on any atom is -0.484 e.